The molecule has 13 heavy (non-hydrogen) atoms. The minimum atomic E-state index is -0.461. The quantitative estimate of drug-likeness (QED) is 0.660. The van der Waals surface area contributed by atoms with E-state index in [0.29, 0.717) is 0 Å². The van der Waals surface area contributed by atoms with Crippen LogP contribution in [0, 0.1) is 0 Å². The van der Waals surface area contributed by atoms with Crippen LogP contribution in [0.2, 0.25) is 0 Å². The lowest BCUT2D eigenvalue weighted by atomic mass is 9.82. The van der Waals surface area contributed by atoms with Gasteiger partial charge < -0.3 is 5.11 Å². The van der Waals surface area contributed by atoms with Crippen LogP contribution >= 0.6 is 0 Å². The normalized spacial score (nSPS) is 28.7. The third kappa shape index (κ3) is 3.15. The summed E-state index contributed by atoms with van der Waals surface area (Å²) < 4.78 is 0. The number of hydrogen-bond donors (Lipinski definition) is 1. The van der Waals surface area contributed by atoms with E-state index in [4.69, 9.17) is 0 Å². The summed E-state index contributed by atoms with van der Waals surface area (Å²) in [5.41, 5.74) is 1.02. The minimum absolute atomic E-state index is 0.461. The maximum atomic E-state index is 10.2. The van der Waals surface area contributed by atoms with E-state index in [1.165, 1.54) is 31.3 Å². The molecule has 1 heteroatoms. The van der Waals surface area contributed by atoms with Gasteiger partial charge in [0.15, 0.2) is 0 Å². The van der Waals surface area contributed by atoms with Gasteiger partial charge in [-0.05, 0) is 32.1 Å². The average molecular weight is 182 g/mol. The van der Waals surface area contributed by atoms with E-state index in [-0.39, 0.29) is 0 Å². The first-order valence-electron chi connectivity index (χ1n) is 5.63. The Kier molecular flexibility index (Phi) is 3.98. The van der Waals surface area contributed by atoms with Gasteiger partial charge >= 0.3 is 0 Å². The van der Waals surface area contributed by atoms with Crippen molar-refractivity contribution < 1.29 is 5.11 Å². The van der Waals surface area contributed by atoms with E-state index in [2.05, 4.69) is 19.9 Å². The number of rotatable bonds is 4. The molecule has 0 radical (unpaired) electrons. The fourth-order valence-corrected chi connectivity index (χ4v) is 2.29. The molecule has 1 atom stereocenters. The molecule has 76 valence electrons. The molecule has 1 rings (SSSR count). The van der Waals surface area contributed by atoms with Crippen molar-refractivity contribution in [1.82, 2.24) is 0 Å². The third-order valence-corrected chi connectivity index (χ3v) is 2.83. The molecule has 0 aromatic rings. The summed E-state index contributed by atoms with van der Waals surface area (Å²) in [6.45, 7) is 4.34. The van der Waals surface area contributed by atoms with Crippen LogP contribution in [0.15, 0.2) is 11.6 Å². The summed E-state index contributed by atoms with van der Waals surface area (Å²) in [5, 5.41) is 10.2. The minimum Gasteiger partial charge on any atom is -0.386 e. The highest BCUT2D eigenvalue weighted by molar-refractivity contribution is 5.14. The van der Waals surface area contributed by atoms with Crippen LogP contribution in [-0.4, -0.2) is 10.7 Å². The monoisotopic (exact) mass is 182 g/mol. The van der Waals surface area contributed by atoms with E-state index in [0.717, 1.165) is 19.3 Å². The Labute approximate surface area is 81.9 Å². The molecule has 1 nitrogen and oxygen atoms in total. The van der Waals surface area contributed by atoms with Crippen molar-refractivity contribution in [1.29, 1.82) is 0 Å². The Balaban J connectivity index is 2.60. The van der Waals surface area contributed by atoms with E-state index in [1.807, 2.05) is 0 Å². The van der Waals surface area contributed by atoms with E-state index in [1.54, 1.807) is 0 Å². The van der Waals surface area contributed by atoms with Gasteiger partial charge in [-0.2, -0.15) is 0 Å². The first kappa shape index (κ1) is 10.8. The van der Waals surface area contributed by atoms with Gasteiger partial charge in [0.2, 0.25) is 0 Å². The number of hydrogen-bond acceptors (Lipinski definition) is 1. The van der Waals surface area contributed by atoms with Crippen LogP contribution in [0.25, 0.3) is 0 Å². The first-order chi connectivity index (χ1) is 6.20. The number of aliphatic hydroxyl groups is 1. The second-order valence-electron chi connectivity index (χ2n) is 4.26. The molecule has 1 aliphatic carbocycles. The summed E-state index contributed by atoms with van der Waals surface area (Å²) in [4.78, 5) is 0. The zero-order valence-electron chi connectivity index (χ0n) is 8.97. The molecule has 0 spiro atoms. The predicted molar refractivity (Wildman–Crippen MR) is 56.7 cm³/mol. The van der Waals surface area contributed by atoms with Gasteiger partial charge in [-0.25, -0.2) is 0 Å². The molecule has 1 unspecified atom stereocenters. The highest BCUT2D eigenvalue weighted by Crippen LogP contribution is 2.31. The highest BCUT2D eigenvalue weighted by atomic mass is 16.3. The molecule has 0 aromatic carbocycles. The summed E-state index contributed by atoms with van der Waals surface area (Å²) >= 11 is 0. The standard InChI is InChI=1S/C12H22O/c1-3-6-11-7-5-9-12(13,10-11)8-4-2/h10,13H,3-9H2,1-2H3. The van der Waals surface area contributed by atoms with Gasteiger partial charge in [-0.1, -0.05) is 38.3 Å². The zero-order valence-corrected chi connectivity index (χ0v) is 8.97. The van der Waals surface area contributed by atoms with Crippen LogP contribution in [0.1, 0.15) is 58.8 Å². The van der Waals surface area contributed by atoms with E-state index in [9.17, 15) is 5.11 Å². The maximum Gasteiger partial charge on any atom is 0.0830 e. The largest absolute Gasteiger partial charge is 0.386 e. The van der Waals surface area contributed by atoms with E-state index >= 15 is 0 Å². The summed E-state index contributed by atoms with van der Waals surface area (Å²) in [7, 11) is 0. The molecular weight excluding hydrogens is 160 g/mol. The average Bonchev–Trinajstić information content (AvgIpc) is 2.04. The van der Waals surface area contributed by atoms with Crippen LogP contribution < -0.4 is 0 Å². The molecule has 1 aliphatic rings. The van der Waals surface area contributed by atoms with Crippen molar-refractivity contribution in [2.24, 2.45) is 0 Å². The molecule has 1 N–H and O–H groups in total. The van der Waals surface area contributed by atoms with Gasteiger partial charge in [0.05, 0.1) is 5.60 Å². The van der Waals surface area contributed by atoms with Crippen molar-refractivity contribution in [2.75, 3.05) is 0 Å². The Morgan fingerprint density at radius 2 is 2.15 bits per heavy atom. The van der Waals surface area contributed by atoms with Crippen molar-refractivity contribution in [3.05, 3.63) is 11.6 Å². The summed E-state index contributed by atoms with van der Waals surface area (Å²) in [6.07, 6.45) is 9.87. The Bertz CT molecular complexity index is 184. The SMILES string of the molecule is CCCC1=CC(O)(CCC)CCC1. The molecule has 0 saturated carbocycles. The topological polar surface area (TPSA) is 20.2 Å². The van der Waals surface area contributed by atoms with Crippen LogP contribution in [0.4, 0.5) is 0 Å². The lowest BCUT2D eigenvalue weighted by Gasteiger charge is -2.30. The van der Waals surface area contributed by atoms with Crippen molar-refractivity contribution in [3.8, 4) is 0 Å². The Morgan fingerprint density at radius 1 is 1.38 bits per heavy atom. The molecule has 0 amide bonds. The van der Waals surface area contributed by atoms with Gasteiger partial charge in [-0.15, -0.1) is 0 Å². The lowest BCUT2D eigenvalue weighted by Crippen LogP contribution is -2.28. The van der Waals surface area contributed by atoms with Crippen LogP contribution in [-0.2, 0) is 0 Å². The molecule has 0 aromatic heterocycles. The van der Waals surface area contributed by atoms with Crippen molar-refractivity contribution >= 4 is 0 Å². The second kappa shape index (κ2) is 4.80. The van der Waals surface area contributed by atoms with Gasteiger partial charge in [0.1, 0.15) is 0 Å². The molecule has 0 heterocycles. The van der Waals surface area contributed by atoms with E-state index < -0.39 is 5.60 Å². The first-order valence-corrected chi connectivity index (χ1v) is 5.63. The van der Waals surface area contributed by atoms with Crippen molar-refractivity contribution in [2.45, 2.75) is 64.4 Å². The predicted octanol–water partition coefficient (Wildman–Crippen LogP) is 3.43. The molecule has 0 bridgehead atoms. The molecular formula is C12H22O. The van der Waals surface area contributed by atoms with Crippen molar-refractivity contribution in [3.63, 3.8) is 0 Å². The Hall–Kier alpha value is -0.300. The summed E-state index contributed by atoms with van der Waals surface area (Å²) in [5.74, 6) is 0. The fourth-order valence-electron chi connectivity index (χ4n) is 2.29. The van der Waals surface area contributed by atoms with Gasteiger partial charge in [0.25, 0.3) is 0 Å². The number of allylic oxidation sites excluding steroid dienone is 1. The zero-order chi connectivity index (χ0) is 9.73. The smallest absolute Gasteiger partial charge is 0.0830 e. The maximum absolute atomic E-state index is 10.2. The Morgan fingerprint density at radius 3 is 2.77 bits per heavy atom. The van der Waals surface area contributed by atoms with Gasteiger partial charge in [0, 0.05) is 0 Å². The summed E-state index contributed by atoms with van der Waals surface area (Å²) in [6, 6.07) is 0. The molecule has 0 fully saturated rings. The second-order valence-corrected chi connectivity index (χ2v) is 4.26. The lowest BCUT2D eigenvalue weighted by molar-refractivity contribution is 0.0628. The molecule has 0 saturated heterocycles. The third-order valence-electron chi connectivity index (χ3n) is 2.83. The van der Waals surface area contributed by atoms with Gasteiger partial charge in [-0.3, -0.25) is 0 Å². The highest BCUT2D eigenvalue weighted by Gasteiger charge is 2.26. The van der Waals surface area contributed by atoms with Crippen LogP contribution in [0.3, 0.4) is 0 Å². The fraction of sp³-hybridized carbons (Fsp3) is 0.833. The molecule has 0 aliphatic heterocycles. The van der Waals surface area contributed by atoms with Crippen LogP contribution in [0.5, 0.6) is 0 Å².